The first-order chi connectivity index (χ1) is 11.5. The normalized spacial score (nSPS) is 10.4. The van der Waals surface area contributed by atoms with E-state index in [1.807, 2.05) is 6.07 Å². The maximum atomic E-state index is 12.2. The van der Waals surface area contributed by atoms with E-state index in [9.17, 15) is 14.9 Å². The fourth-order valence-corrected chi connectivity index (χ4v) is 2.40. The van der Waals surface area contributed by atoms with Gasteiger partial charge < -0.3 is 9.73 Å². The zero-order valence-corrected chi connectivity index (χ0v) is 13.0. The second kappa shape index (κ2) is 6.55. The van der Waals surface area contributed by atoms with Crippen LogP contribution in [0.5, 0.6) is 0 Å². The SMILES string of the molecule is O=C(Nc1ccccc1)c1ccc(-c2ccc([N+](=O)[O-])cc2Cl)o1. The van der Waals surface area contributed by atoms with Gasteiger partial charge in [-0.25, -0.2) is 0 Å². The standard InChI is InChI=1S/C17H11ClN2O4/c18-14-10-12(20(22)23)6-7-13(14)15-8-9-16(24-15)17(21)19-11-4-2-1-3-5-11/h1-10H,(H,19,21). The Morgan fingerprint density at radius 1 is 1.08 bits per heavy atom. The van der Waals surface area contributed by atoms with E-state index in [0.29, 0.717) is 17.0 Å². The molecule has 0 atom stereocenters. The minimum atomic E-state index is -0.531. The molecule has 7 heteroatoms. The monoisotopic (exact) mass is 342 g/mol. The Hall–Kier alpha value is -3.12. The van der Waals surface area contributed by atoms with Crippen LogP contribution >= 0.6 is 11.6 Å². The van der Waals surface area contributed by atoms with Gasteiger partial charge in [-0.15, -0.1) is 0 Å². The van der Waals surface area contributed by atoms with Crippen LogP contribution in [0.1, 0.15) is 10.6 Å². The second-order valence-electron chi connectivity index (χ2n) is 4.91. The molecule has 3 aromatic rings. The molecule has 24 heavy (non-hydrogen) atoms. The fraction of sp³-hybridized carbons (Fsp3) is 0. The third kappa shape index (κ3) is 3.28. The van der Waals surface area contributed by atoms with Crippen LogP contribution in [0.15, 0.2) is 65.1 Å². The lowest BCUT2D eigenvalue weighted by atomic mass is 10.1. The Morgan fingerprint density at radius 3 is 2.50 bits per heavy atom. The van der Waals surface area contributed by atoms with Crippen molar-refractivity contribution in [3.05, 3.63) is 81.6 Å². The summed E-state index contributed by atoms with van der Waals surface area (Å²) < 4.78 is 5.52. The van der Waals surface area contributed by atoms with Gasteiger partial charge in [-0.1, -0.05) is 29.8 Å². The van der Waals surface area contributed by atoms with E-state index in [0.717, 1.165) is 0 Å². The number of halogens is 1. The molecular formula is C17H11ClN2O4. The van der Waals surface area contributed by atoms with Crippen LogP contribution in [-0.2, 0) is 0 Å². The Morgan fingerprint density at radius 2 is 1.83 bits per heavy atom. The van der Waals surface area contributed by atoms with E-state index in [-0.39, 0.29) is 16.5 Å². The molecule has 1 aromatic heterocycles. The molecule has 1 amide bonds. The van der Waals surface area contributed by atoms with Gasteiger partial charge in [0.1, 0.15) is 5.76 Å². The van der Waals surface area contributed by atoms with Crippen molar-refractivity contribution in [2.45, 2.75) is 0 Å². The molecule has 1 N–H and O–H groups in total. The van der Waals surface area contributed by atoms with Gasteiger partial charge in [0.15, 0.2) is 5.76 Å². The van der Waals surface area contributed by atoms with E-state index < -0.39 is 10.8 Å². The number of hydrogen-bond donors (Lipinski definition) is 1. The Bertz CT molecular complexity index is 906. The second-order valence-corrected chi connectivity index (χ2v) is 5.31. The molecule has 0 saturated carbocycles. The molecule has 0 unspecified atom stereocenters. The summed E-state index contributed by atoms with van der Waals surface area (Å²) in [5, 5.41) is 13.6. The van der Waals surface area contributed by atoms with Gasteiger partial charge in [0.05, 0.1) is 9.95 Å². The molecule has 6 nitrogen and oxygen atoms in total. The number of carbonyl (C=O) groups is 1. The van der Waals surface area contributed by atoms with Crippen molar-refractivity contribution in [1.82, 2.24) is 0 Å². The minimum absolute atomic E-state index is 0.114. The van der Waals surface area contributed by atoms with Crippen LogP contribution < -0.4 is 5.32 Å². The molecular weight excluding hydrogens is 332 g/mol. The van der Waals surface area contributed by atoms with Crippen molar-refractivity contribution in [3.8, 4) is 11.3 Å². The van der Waals surface area contributed by atoms with Crippen LogP contribution in [0.3, 0.4) is 0 Å². The molecule has 120 valence electrons. The number of nitro benzene ring substituents is 1. The fourth-order valence-electron chi connectivity index (χ4n) is 2.14. The third-order valence-corrected chi connectivity index (χ3v) is 3.60. The molecule has 1 heterocycles. The molecule has 3 rings (SSSR count). The largest absolute Gasteiger partial charge is 0.451 e. The summed E-state index contributed by atoms with van der Waals surface area (Å²) in [6, 6.07) is 16.1. The number of furan rings is 1. The maximum Gasteiger partial charge on any atom is 0.291 e. The lowest BCUT2D eigenvalue weighted by Crippen LogP contribution is -2.10. The van der Waals surface area contributed by atoms with Crippen molar-refractivity contribution < 1.29 is 14.1 Å². The number of carbonyl (C=O) groups excluding carboxylic acids is 1. The van der Waals surface area contributed by atoms with Gasteiger partial charge in [0.2, 0.25) is 0 Å². The average molecular weight is 343 g/mol. The maximum absolute atomic E-state index is 12.2. The highest BCUT2D eigenvalue weighted by Gasteiger charge is 2.16. The number of amides is 1. The van der Waals surface area contributed by atoms with Crippen LogP contribution in [-0.4, -0.2) is 10.8 Å². The highest BCUT2D eigenvalue weighted by molar-refractivity contribution is 6.33. The molecule has 0 aliphatic rings. The van der Waals surface area contributed by atoms with E-state index >= 15 is 0 Å². The van der Waals surface area contributed by atoms with E-state index in [2.05, 4.69) is 5.32 Å². The predicted octanol–water partition coefficient (Wildman–Crippen LogP) is 4.76. The molecule has 0 spiro atoms. The van der Waals surface area contributed by atoms with Gasteiger partial charge in [-0.3, -0.25) is 14.9 Å². The smallest absolute Gasteiger partial charge is 0.291 e. The first-order valence-corrected chi connectivity index (χ1v) is 7.33. The Kier molecular flexibility index (Phi) is 4.31. The van der Waals surface area contributed by atoms with Crippen molar-refractivity contribution in [3.63, 3.8) is 0 Å². The number of para-hydroxylation sites is 1. The van der Waals surface area contributed by atoms with Crippen molar-refractivity contribution in [2.75, 3.05) is 5.32 Å². The molecule has 0 saturated heterocycles. The summed E-state index contributed by atoms with van der Waals surface area (Å²) in [4.78, 5) is 22.4. The highest BCUT2D eigenvalue weighted by atomic mass is 35.5. The zero-order chi connectivity index (χ0) is 17.1. The summed E-state index contributed by atoms with van der Waals surface area (Å²) in [7, 11) is 0. The van der Waals surface area contributed by atoms with Crippen LogP contribution in [0.2, 0.25) is 5.02 Å². The van der Waals surface area contributed by atoms with Crippen LogP contribution in [0.25, 0.3) is 11.3 Å². The first-order valence-electron chi connectivity index (χ1n) is 6.95. The minimum Gasteiger partial charge on any atom is -0.451 e. The van der Waals surface area contributed by atoms with Gasteiger partial charge in [-0.2, -0.15) is 0 Å². The molecule has 0 fully saturated rings. The third-order valence-electron chi connectivity index (χ3n) is 3.29. The van der Waals surface area contributed by atoms with Gasteiger partial charge in [0.25, 0.3) is 11.6 Å². The summed E-state index contributed by atoms with van der Waals surface area (Å²) in [6.45, 7) is 0. The Balaban J connectivity index is 1.83. The lowest BCUT2D eigenvalue weighted by molar-refractivity contribution is -0.384. The number of non-ortho nitro benzene ring substituents is 1. The number of nitrogens with one attached hydrogen (secondary N) is 1. The van der Waals surface area contributed by atoms with E-state index in [4.69, 9.17) is 16.0 Å². The lowest BCUT2D eigenvalue weighted by Gasteiger charge is -2.03. The van der Waals surface area contributed by atoms with Gasteiger partial charge in [0, 0.05) is 23.4 Å². The molecule has 0 radical (unpaired) electrons. The van der Waals surface area contributed by atoms with E-state index in [1.54, 1.807) is 30.3 Å². The molecule has 0 bridgehead atoms. The number of rotatable bonds is 4. The number of hydrogen-bond acceptors (Lipinski definition) is 4. The van der Waals surface area contributed by atoms with E-state index in [1.165, 1.54) is 24.3 Å². The first kappa shape index (κ1) is 15.8. The zero-order valence-electron chi connectivity index (χ0n) is 12.2. The topological polar surface area (TPSA) is 85.4 Å². The molecule has 0 aliphatic heterocycles. The van der Waals surface area contributed by atoms with Crippen LogP contribution in [0, 0.1) is 10.1 Å². The quantitative estimate of drug-likeness (QED) is 0.547. The predicted molar refractivity (Wildman–Crippen MR) is 90.2 cm³/mol. The number of nitrogens with zero attached hydrogens (tertiary/aromatic N) is 1. The van der Waals surface area contributed by atoms with Gasteiger partial charge >= 0.3 is 0 Å². The van der Waals surface area contributed by atoms with Crippen LogP contribution in [0.4, 0.5) is 11.4 Å². The number of benzene rings is 2. The average Bonchev–Trinajstić information content (AvgIpc) is 3.05. The highest BCUT2D eigenvalue weighted by Crippen LogP contribution is 2.32. The summed E-state index contributed by atoms with van der Waals surface area (Å²) in [6.07, 6.45) is 0. The van der Waals surface area contributed by atoms with Gasteiger partial charge in [-0.05, 0) is 30.3 Å². The summed E-state index contributed by atoms with van der Waals surface area (Å²) >= 11 is 6.06. The molecule has 2 aromatic carbocycles. The summed E-state index contributed by atoms with van der Waals surface area (Å²) in [5.74, 6) is 0.0712. The van der Waals surface area contributed by atoms with Crippen molar-refractivity contribution in [2.24, 2.45) is 0 Å². The molecule has 0 aliphatic carbocycles. The number of anilines is 1. The van der Waals surface area contributed by atoms with Crippen molar-refractivity contribution >= 4 is 28.9 Å². The number of nitro groups is 1. The Labute approximate surface area is 141 Å². The summed E-state index contributed by atoms with van der Waals surface area (Å²) in [5.41, 5.74) is 1.01. The van der Waals surface area contributed by atoms with Crippen molar-refractivity contribution in [1.29, 1.82) is 0 Å².